The lowest BCUT2D eigenvalue weighted by molar-refractivity contribution is -0.154. The summed E-state index contributed by atoms with van der Waals surface area (Å²) in [6, 6.07) is 0. The van der Waals surface area contributed by atoms with Crippen LogP contribution in [0, 0.1) is 5.41 Å². The Balaban J connectivity index is 2.74. The molecule has 2 heteroatoms. The van der Waals surface area contributed by atoms with Crippen LogP contribution in [0.3, 0.4) is 0 Å². The molecule has 1 saturated carbocycles. The summed E-state index contributed by atoms with van der Waals surface area (Å²) in [7, 11) is 0. The first-order valence-electron chi connectivity index (χ1n) is 4.97. The van der Waals surface area contributed by atoms with Crippen molar-refractivity contribution in [2.24, 2.45) is 5.41 Å². The number of aliphatic hydroxyl groups is 2. The number of aliphatic hydroxyl groups excluding tert-OH is 1. The van der Waals surface area contributed by atoms with Gasteiger partial charge in [-0.15, -0.1) is 0 Å². The number of rotatable bonds is 4. The van der Waals surface area contributed by atoms with Crippen molar-refractivity contribution in [2.75, 3.05) is 6.61 Å². The van der Waals surface area contributed by atoms with Crippen LogP contribution in [-0.2, 0) is 0 Å². The van der Waals surface area contributed by atoms with Gasteiger partial charge >= 0.3 is 0 Å². The maximum absolute atomic E-state index is 10.2. The fourth-order valence-corrected chi connectivity index (χ4v) is 2.37. The lowest BCUT2D eigenvalue weighted by atomic mass is 9.57. The van der Waals surface area contributed by atoms with Crippen molar-refractivity contribution in [1.82, 2.24) is 0 Å². The lowest BCUT2D eigenvalue weighted by Gasteiger charge is -2.52. The van der Waals surface area contributed by atoms with Gasteiger partial charge in [-0.05, 0) is 25.7 Å². The molecule has 0 spiro atoms. The van der Waals surface area contributed by atoms with E-state index in [1.165, 1.54) is 0 Å². The summed E-state index contributed by atoms with van der Waals surface area (Å²) in [6.07, 6.45) is 4.64. The molecule has 1 aliphatic carbocycles. The molecule has 0 amide bonds. The van der Waals surface area contributed by atoms with E-state index in [1.807, 2.05) is 13.8 Å². The first-order chi connectivity index (χ1) is 5.64. The van der Waals surface area contributed by atoms with E-state index in [0.717, 1.165) is 32.1 Å². The topological polar surface area (TPSA) is 40.5 Å². The Labute approximate surface area is 74.6 Å². The molecule has 0 radical (unpaired) electrons. The average Bonchev–Trinajstić information content (AvgIpc) is 2.03. The summed E-state index contributed by atoms with van der Waals surface area (Å²) >= 11 is 0. The Morgan fingerprint density at radius 3 is 1.83 bits per heavy atom. The van der Waals surface area contributed by atoms with Crippen molar-refractivity contribution >= 4 is 0 Å². The Kier molecular flexibility index (Phi) is 2.79. The van der Waals surface area contributed by atoms with Crippen LogP contribution in [0.2, 0.25) is 0 Å². The first kappa shape index (κ1) is 10.0. The van der Waals surface area contributed by atoms with Crippen LogP contribution in [0.1, 0.15) is 46.0 Å². The minimum Gasteiger partial charge on any atom is -0.396 e. The van der Waals surface area contributed by atoms with Crippen molar-refractivity contribution in [2.45, 2.75) is 51.6 Å². The second-order valence-electron chi connectivity index (χ2n) is 4.03. The Bertz CT molecular complexity index is 130. The minimum absolute atomic E-state index is 0.144. The second kappa shape index (κ2) is 3.35. The van der Waals surface area contributed by atoms with Crippen molar-refractivity contribution in [3.8, 4) is 0 Å². The minimum atomic E-state index is -0.625. The lowest BCUT2D eigenvalue weighted by Crippen LogP contribution is -2.54. The van der Waals surface area contributed by atoms with Gasteiger partial charge in [-0.2, -0.15) is 0 Å². The van der Waals surface area contributed by atoms with Crippen molar-refractivity contribution in [3.63, 3.8) is 0 Å². The smallest absolute Gasteiger partial charge is 0.0720 e. The molecular weight excluding hydrogens is 152 g/mol. The Morgan fingerprint density at radius 1 is 1.25 bits per heavy atom. The molecule has 0 unspecified atom stereocenters. The van der Waals surface area contributed by atoms with Gasteiger partial charge < -0.3 is 10.2 Å². The molecule has 2 nitrogen and oxygen atoms in total. The third kappa shape index (κ3) is 1.17. The molecule has 72 valence electrons. The monoisotopic (exact) mass is 172 g/mol. The molecule has 0 aromatic rings. The van der Waals surface area contributed by atoms with Crippen LogP contribution in [0.15, 0.2) is 0 Å². The van der Waals surface area contributed by atoms with Gasteiger partial charge in [0, 0.05) is 5.41 Å². The highest BCUT2D eigenvalue weighted by atomic mass is 16.3. The van der Waals surface area contributed by atoms with Gasteiger partial charge in [0.05, 0.1) is 12.2 Å². The largest absolute Gasteiger partial charge is 0.396 e. The zero-order valence-electron chi connectivity index (χ0n) is 8.14. The zero-order chi connectivity index (χ0) is 9.24. The average molecular weight is 172 g/mol. The maximum Gasteiger partial charge on any atom is 0.0720 e. The third-order valence-electron chi connectivity index (χ3n) is 3.77. The zero-order valence-corrected chi connectivity index (χ0v) is 8.14. The molecule has 12 heavy (non-hydrogen) atoms. The Hall–Kier alpha value is -0.0800. The highest BCUT2D eigenvalue weighted by Crippen LogP contribution is 2.51. The van der Waals surface area contributed by atoms with Crippen molar-refractivity contribution in [3.05, 3.63) is 0 Å². The first-order valence-corrected chi connectivity index (χ1v) is 4.97. The van der Waals surface area contributed by atoms with Gasteiger partial charge in [-0.1, -0.05) is 20.3 Å². The van der Waals surface area contributed by atoms with Gasteiger partial charge in [-0.25, -0.2) is 0 Å². The Morgan fingerprint density at radius 2 is 1.75 bits per heavy atom. The highest BCUT2D eigenvalue weighted by Gasteiger charge is 2.51. The van der Waals surface area contributed by atoms with Gasteiger partial charge in [0.2, 0.25) is 0 Å². The standard InChI is InChI=1S/C10H20O2/c1-3-10(12,4-2)9(8-11)6-5-7-9/h11-12H,3-8H2,1-2H3. The summed E-state index contributed by atoms with van der Waals surface area (Å²) < 4.78 is 0. The van der Waals surface area contributed by atoms with E-state index < -0.39 is 5.60 Å². The predicted octanol–water partition coefficient (Wildman–Crippen LogP) is 1.70. The van der Waals surface area contributed by atoms with Gasteiger partial charge in [-0.3, -0.25) is 0 Å². The molecule has 0 aromatic carbocycles. The van der Waals surface area contributed by atoms with Crippen LogP contribution >= 0.6 is 0 Å². The highest BCUT2D eigenvalue weighted by molar-refractivity contribution is 5.02. The molecular formula is C10H20O2. The molecule has 0 heterocycles. The van der Waals surface area contributed by atoms with E-state index in [9.17, 15) is 10.2 Å². The predicted molar refractivity (Wildman–Crippen MR) is 48.9 cm³/mol. The van der Waals surface area contributed by atoms with E-state index >= 15 is 0 Å². The molecule has 1 fully saturated rings. The summed E-state index contributed by atoms with van der Waals surface area (Å²) in [5.74, 6) is 0. The van der Waals surface area contributed by atoms with E-state index in [0.29, 0.717) is 0 Å². The molecule has 0 aliphatic heterocycles. The fraction of sp³-hybridized carbons (Fsp3) is 1.00. The van der Waals surface area contributed by atoms with E-state index in [-0.39, 0.29) is 12.0 Å². The van der Waals surface area contributed by atoms with Crippen LogP contribution in [-0.4, -0.2) is 22.4 Å². The van der Waals surface area contributed by atoms with Crippen LogP contribution < -0.4 is 0 Å². The molecule has 0 aromatic heterocycles. The summed E-state index contributed by atoms with van der Waals surface area (Å²) in [5.41, 5.74) is -0.795. The van der Waals surface area contributed by atoms with Gasteiger partial charge in [0.1, 0.15) is 0 Å². The van der Waals surface area contributed by atoms with Crippen LogP contribution in [0.4, 0.5) is 0 Å². The molecule has 1 rings (SSSR count). The molecule has 0 atom stereocenters. The van der Waals surface area contributed by atoms with Crippen LogP contribution in [0.5, 0.6) is 0 Å². The maximum atomic E-state index is 10.2. The second-order valence-corrected chi connectivity index (χ2v) is 4.03. The van der Waals surface area contributed by atoms with E-state index in [2.05, 4.69) is 0 Å². The summed E-state index contributed by atoms with van der Waals surface area (Å²) in [4.78, 5) is 0. The molecule has 0 bridgehead atoms. The molecule has 2 N–H and O–H groups in total. The molecule has 1 aliphatic rings. The van der Waals surface area contributed by atoms with Gasteiger partial charge in [0.15, 0.2) is 0 Å². The normalized spacial score (nSPS) is 22.0. The van der Waals surface area contributed by atoms with Crippen molar-refractivity contribution in [1.29, 1.82) is 0 Å². The SMILES string of the molecule is CCC(O)(CC)C1(CO)CCC1. The van der Waals surface area contributed by atoms with E-state index in [1.54, 1.807) is 0 Å². The van der Waals surface area contributed by atoms with Crippen molar-refractivity contribution < 1.29 is 10.2 Å². The fourth-order valence-electron chi connectivity index (χ4n) is 2.37. The van der Waals surface area contributed by atoms with E-state index in [4.69, 9.17) is 0 Å². The number of hydrogen-bond acceptors (Lipinski definition) is 2. The van der Waals surface area contributed by atoms with Crippen LogP contribution in [0.25, 0.3) is 0 Å². The van der Waals surface area contributed by atoms with Gasteiger partial charge in [0.25, 0.3) is 0 Å². The summed E-state index contributed by atoms with van der Waals surface area (Å²) in [5, 5.41) is 19.5. The quantitative estimate of drug-likeness (QED) is 0.677. The number of hydrogen-bond donors (Lipinski definition) is 2. The third-order valence-corrected chi connectivity index (χ3v) is 3.77. The summed E-state index contributed by atoms with van der Waals surface area (Å²) in [6.45, 7) is 4.14. The molecule has 0 saturated heterocycles.